The van der Waals surface area contributed by atoms with Crippen LogP contribution in [-0.4, -0.2) is 50.4 Å². The Bertz CT molecular complexity index is 284. The predicted octanol–water partition coefficient (Wildman–Crippen LogP) is -1.26. The zero-order chi connectivity index (χ0) is 14.5. The molecule has 7 nitrogen and oxygen atoms in total. The molecule has 4 N–H and O–H groups in total. The maximum absolute atomic E-state index is 11.4. The van der Waals surface area contributed by atoms with Crippen LogP contribution in [0.5, 0.6) is 0 Å². The van der Waals surface area contributed by atoms with Gasteiger partial charge in [-0.25, -0.2) is 0 Å². The summed E-state index contributed by atoms with van der Waals surface area (Å²) in [5, 5.41) is 10.8. The summed E-state index contributed by atoms with van der Waals surface area (Å²) in [4.78, 5) is 32.8. The summed E-state index contributed by atoms with van der Waals surface area (Å²) in [6, 6.07) is -0.0413. The Labute approximate surface area is 113 Å². The number of carbonyl (C=O) groups is 3. The lowest BCUT2D eigenvalue weighted by Crippen LogP contribution is -2.46. The molecule has 3 amide bonds. The van der Waals surface area contributed by atoms with Crippen LogP contribution in [0.25, 0.3) is 0 Å². The van der Waals surface area contributed by atoms with Crippen molar-refractivity contribution in [3.8, 4) is 0 Å². The summed E-state index contributed by atoms with van der Waals surface area (Å²) in [5.41, 5.74) is 0. The van der Waals surface area contributed by atoms with Gasteiger partial charge in [0.15, 0.2) is 0 Å². The molecule has 0 unspecified atom stereocenters. The van der Waals surface area contributed by atoms with Crippen molar-refractivity contribution >= 4 is 18.2 Å². The van der Waals surface area contributed by atoms with E-state index in [0.717, 1.165) is 12.8 Å². The minimum absolute atomic E-state index is 0.0277. The van der Waals surface area contributed by atoms with Crippen LogP contribution in [0.2, 0.25) is 0 Å². The second-order valence-corrected chi connectivity index (χ2v) is 4.14. The van der Waals surface area contributed by atoms with E-state index in [0.29, 0.717) is 19.5 Å². The summed E-state index contributed by atoms with van der Waals surface area (Å²) in [6.45, 7) is 5.21. The number of rotatable bonds is 11. The lowest BCUT2D eigenvalue weighted by molar-refractivity contribution is -0.122. The molecule has 110 valence electrons. The molecule has 19 heavy (non-hydrogen) atoms. The predicted molar refractivity (Wildman–Crippen MR) is 72.5 cm³/mol. The van der Waals surface area contributed by atoms with Gasteiger partial charge in [0, 0.05) is 19.1 Å². The van der Waals surface area contributed by atoms with Crippen LogP contribution in [0.4, 0.5) is 0 Å². The first-order chi connectivity index (χ1) is 9.13. The molecule has 0 rings (SSSR count). The van der Waals surface area contributed by atoms with Gasteiger partial charge >= 0.3 is 0 Å². The highest BCUT2D eigenvalue weighted by molar-refractivity contribution is 5.80. The Morgan fingerprint density at radius 2 is 1.89 bits per heavy atom. The van der Waals surface area contributed by atoms with Crippen LogP contribution in [0.3, 0.4) is 0 Å². The Kier molecular flexibility index (Phi) is 10.5. The van der Waals surface area contributed by atoms with Gasteiger partial charge in [0.2, 0.25) is 18.2 Å². The molecule has 0 saturated carbocycles. The van der Waals surface area contributed by atoms with E-state index < -0.39 is 0 Å². The average Bonchev–Trinajstić information content (AvgIpc) is 2.37. The largest absolute Gasteiger partial charge is 0.355 e. The average molecular weight is 272 g/mol. The lowest BCUT2D eigenvalue weighted by Gasteiger charge is -2.18. The number of amides is 3. The molecule has 1 atom stereocenters. The normalized spacial score (nSPS) is 11.5. The molecule has 0 fully saturated rings. The van der Waals surface area contributed by atoms with Crippen LogP contribution in [0, 0.1) is 0 Å². The van der Waals surface area contributed by atoms with Crippen molar-refractivity contribution in [2.75, 3.05) is 26.2 Å². The fraction of sp³-hybridized carbons (Fsp3) is 0.750. The molecule has 0 bridgehead atoms. The summed E-state index contributed by atoms with van der Waals surface area (Å²) in [7, 11) is 0. The molecule has 0 saturated heterocycles. The van der Waals surface area contributed by atoms with Gasteiger partial charge in [-0.3, -0.25) is 14.4 Å². The van der Waals surface area contributed by atoms with Crippen LogP contribution in [0.15, 0.2) is 0 Å². The molecular weight excluding hydrogens is 248 g/mol. The molecule has 0 aromatic carbocycles. The van der Waals surface area contributed by atoms with Crippen molar-refractivity contribution in [3.05, 3.63) is 0 Å². The van der Waals surface area contributed by atoms with E-state index in [1.54, 1.807) is 0 Å². The van der Waals surface area contributed by atoms with Crippen LogP contribution < -0.4 is 21.3 Å². The molecular formula is C12H24N4O3. The molecule has 0 aliphatic carbocycles. The van der Waals surface area contributed by atoms with E-state index in [4.69, 9.17) is 0 Å². The van der Waals surface area contributed by atoms with Crippen LogP contribution >= 0.6 is 0 Å². The van der Waals surface area contributed by atoms with Crippen molar-refractivity contribution in [1.29, 1.82) is 0 Å². The fourth-order valence-electron chi connectivity index (χ4n) is 1.61. The second kappa shape index (κ2) is 11.5. The third kappa shape index (κ3) is 10.0. The van der Waals surface area contributed by atoms with Gasteiger partial charge in [0.25, 0.3) is 0 Å². The maximum Gasteiger partial charge on any atom is 0.239 e. The lowest BCUT2D eigenvalue weighted by atomic mass is 10.1. The first-order valence-electron chi connectivity index (χ1n) is 6.57. The Morgan fingerprint density at radius 1 is 1.16 bits per heavy atom. The molecule has 0 spiro atoms. The third-order valence-electron chi connectivity index (χ3n) is 2.40. The molecule has 7 heteroatoms. The Hall–Kier alpha value is -1.63. The number of carbonyl (C=O) groups excluding carboxylic acids is 3. The smallest absolute Gasteiger partial charge is 0.239 e. The SMILES string of the molecule is CCC[C@@H](CNCC(=O)NCC)NC(=O)CNC=O. The number of likely N-dealkylation sites (N-methyl/N-ethyl adjacent to an activating group) is 1. The van der Waals surface area contributed by atoms with Crippen LogP contribution in [0.1, 0.15) is 26.7 Å². The van der Waals surface area contributed by atoms with E-state index in [2.05, 4.69) is 21.3 Å². The highest BCUT2D eigenvalue weighted by Gasteiger charge is 2.11. The minimum Gasteiger partial charge on any atom is -0.355 e. The molecule has 0 heterocycles. The van der Waals surface area contributed by atoms with Crippen molar-refractivity contribution in [1.82, 2.24) is 21.3 Å². The highest BCUT2D eigenvalue weighted by Crippen LogP contribution is 1.95. The van der Waals surface area contributed by atoms with Gasteiger partial charge in [-0.15, -0.1) is 0 Å². The van der Waals surface area contributed by atoms with E-state index in [1.807, 2.05) is 13.8 Å². The zero-order valence-corrected chi connectivity index (χ0v) is 11.6. The Morgan fingerprint density at radius 3 is 2.47 bits per heavy atom. The monoisotopic (exact) mass is 272 g/mol. The molecule has 0 radical (unpaired) electrons. The van der Waals surface area contributed by atoms with Gasteiger partial charge in [-0.1, -0.05) is 13.3 Å². The minimum atomic E-state index is -0.231. The first-order valence-corrected chi connectivity index (χ1v) is 6.57. The quantitative estimate of drug-likeness (QED) is 0.353. The van der Waals surface area contributed by atoms with E-state index in [-0.39, 0.29) is 30.9 Å². The number of nitrogens with one attached hydrogen (secondary N) is 4. The number of hydrogen-bond acceptors (Lipinski definition) is 4. The molecule has 0 aromatic heterocycles. The summed E-state index contributed by atoms with van der Waals surface area (Å²) >= 11 is 0. The summed E-state index contributed by atoms with van der Waals surface area (Å²) in [5.74, 6) is -0.294. The van der Waals surface area contributed by atoms with Gasteiger partial charge < -0.3 is 21.3 Å². The molecule has 0 aliphatic rings. The zero-order valence-electron chi connectivity index (χ0n) is 11.6. The number of hydrogen-bond donors (Lipinski definition) is 4. The van der Waals surface area contributed by atoms with Gasteiger partial charge in [0.05, 0.1) is 13.1 Å². The van der Waals surface area contributed by atoms with E-state index in [9.17, 15) is 14.4 Å². The standard InChI is InChI=1S/C12H24N4O3/c1-3-5-10(16-12(19)8-14-9-17)6-13-7-11(18)15-4-2/h9-10,13H,3-8H2,1-2H3,(H,14,17)(H,15,18)(H,16,19)/t10-/m0/s1. The first kappa shape index (κ1) is 17.4. The van der Waals surface area contributed by atoms with Gasteiger partial charge in [-0.2, -0.15) is 0 Å². The fourth-order valence-corrected chi connectivity index (χ4v) is 1.61. The van der Waals surface area contributed by atoms with E-state index >= 15 is 0 Å². The maximum atomic E-state index is 11.4. The van der Waals surface area contributed by atoms with E-state index in [1.165, 1.54) is 0 Å². The highest BCUT2D eigenvalue weighted by atomic mass is 16.2. The van der Waals surface area contributed by atoms with Crippen molar-refractivity contribution in [2.45, 2.75) is 32.7 Å². The van der Waals surface area contributed by atoms with Crippen molar-refractivity contribution in [2.24, 2.45) is 0 Å². The van der Waals surface area contributed by atoms with Gasteiger partial charge in [-0.05, 0) is 13.3 Å². The van der Waals surface area contributed by atoms with Crippen molar-refractivity contribution in [3.63, 3.8) is 0 Å². The Balaban J connectivity index is 3.93. The summed E-state index contributed by atoms with van der Waals surface area (Å²) < 4.78 is 0. The second-order valence-electron chi connectivity index (χ2n) is 4.14. The molecule has 0 aromatic rings. The third-order valence-corrected chi connectivity index (χ3v) is 2.40. The summed E-state index contributed by atoms with van der Waals surface area (Å²) in [6.07, 6.45) is 2.23. The topological polar surface area (TPSA) is 99.3 Å². The van der Waals surface area contributed by atoms with Crippen molar-refractivity contribution < 1.29 is 14.4 Å². The van der Waals surface area contributed by atoms with Crippen LogP contribution in [-0.2, 0) is 14.4 Å². The van der Waals surface area contributed by atoms with Gasteiger partial charge in [0.1, 0.15) is 0 Å². The molecule has 0 aliphatic heterocycles.